The molecular formula is C28H30FN7O3S. The molecule has 0 aliphatic carbocycles. The van der Waals surface area contributed by atoms with Gasteiger partial charge in [0.2, 0.25) is 11.8 Å². The number of carbonyl (C=O) groups is 2. The highest BCUT2D eigenvalue weighted by atomic mass is 32.1. The van der Waals surface area contributed by atoms with E-state index in [4.69, 9.17) is 17.0 Å². The standard InChI is InChI=1S/C28H30FN7O3S/c29-22-16-20(32-27(40)34-25(37)15-19-5-2-1-3-6-19)7-8-23(22)39-26-17-24(30-18-31-26)33-28(38)36-13-9-21(10-14-36)35-11-4-12-35/h1-3,5-8,16-18,21H,4,9-15H2,(H,30,31,33,38)(H2,32,34,37,40). The van der Waals surface area contributed by atoms with Gasteiger partial charge in [-0.05, 0) is 62.3 Å². The number of rotatable bonds is 7. The molecule has 12 heteroatoms. The second-order valence-electron chi connectivity index (χ2n) is 9.69. The maximum atomic E-state index is 14.8. The lowest BCUT2D eigenvalue weighted by molar-refractivity contribution is -0.119. The Morgan fingerprint density at radius 2 is 1.77 bits per heavy atom. The normalized spacial score (nSPS) is 15.6. The topological polar surface area (TPSA) is 112 Å². The molecule has 40 heavy (non-hydrogen) atoms. The Kier molecular flexibility index (Phi) is 8.77. The third kappa shape index (κ3) is 7.27. The Bertz CT molecular complexity index is 1370. The number of hydrogen-bond acceptors (Lipinski definition) is 7. The van der Waals surface area contributed by atoms with E-state index in [0.717, 1.165) is 31.5 Å². The molecule has 1 aromatic heterocycles. The maximum absolute atomic E-state index is 14.8. The first-order valence-corrected chi connectivity index (χ1v) is 13.6. The third-order valence-corrected chi connectivity index (χ3v) is 7.10. The van der Waals surface area contributed by atoms with Crippen molar-refractivity contribution in [1.29, 1.82) is 0 Å². The van der Waals surface area contributed by atoms with Crippen molar-refractivity contribution in [3.8, 4) is 11.6 Å². The SMILES string of the molecule is O=C(Cc1ccccc1)NC(=S)Nc1ccc(Oc2cc(NC(=O)N3CCC(N4CCC4)CC3)ncn2)c(F)c1. The van der Waals surface area contributed by atoms with Gasteiger partial charge in [0, 0.05) is 37.0 Å². The predicted molar refractivity (Wildman–Crippen MR) is 153 cm³/mol. The van der Waals surface area contributed by atoms with Crippen LogP contribution < -0.4 is 20.7 Å². The number of halogens is 1. The van der Waals surface area contributed by atoms with Crippen molar-refractivity contribution in [1.82, 2.24) is 25.1 Å². The summed E-state index contributed by atoms with van der Waals surface area (Å²) in [5.74, 6) is -0.696. The molecule has 3 amide bonds. The molecule has 2 fully saturated rings. The molecule has 2 aliphatic heterocycles. The van der Waals surface area contributed by atoms with Gasteiger partial charge in [-0.15, -0.1) is 0 Å². The van der Waals surface area contributed by atoms with Crippen molar-refractivity contribution < 1.29 is 18.7 Å². The van der Waals surface area contributed by atoms with Gasteiger partial charge in [-0.2, -0.15) is 0 Å². The van der Waals surface area contributed by atoms with Crippen LogP contribution in [-0.2, 0) is 11.2 Å². The molecule has 0 bridgehead atoms. The van der Waals surface area contributed by atoms with Gasteiger partial charge in [-0.3, -0.25) is 10.1 Å². The number of amides is 3. The molecule has 2 aromatic carbocycles. The fourth-order valence-electron chi connectivity index (χ4n) is 4.68. The van der Waals surface area contributed by atoms with Gasteiger partial charge in [-0.1, -0.05) is 30.3 Å². The van der Waals surface area contributed by atoms with E-state index in [-0.39, 0.29) is 40.9 Å². The summed E-state index contributed by atoms with van der Waals surface area (Å²) in [6, 6.07) is 15.2. The molecule has 3 heterocycles. The summed E-state index contributed by atoms with van der Waals surface area (Å²) in [6.45, 7) is 3.68. The van der Waals surface area contributed by atoms with E-state index in [1.54, 1.807) is 11.0 Å². The number of benzene rings is 2. The van der Waals surface area contributed by atoms with Crippen LogP contribution in [0.1, 0.15) is 24.8 Å². The summed E-state index contributed by atoms with van der Waals surface area (Å²) in [7, 11) is 0. The van der Waals surface area contributed by atoms with Crippen LogP contribution in [0, 0.1) is 5.82 Å². The number of anilines is 2. The number of hydrogen-bond donors (Lipinski definition) is 3. The first-order valence-electron chi connectivity index (χ1n) is 13.2. The molecule has 3 aromatic rings. The van der Waals surface area contributed by atoms with Crippen LogP contribution >= 0.6 is 12.2 Å². The zero-order valence-electron chi connectivity index (χ0n) is 21.8. The number of thiocarbonyl (C=S) groups is 1. The van der Waals surface area contributed by atoms with Gasteiger partial charge in [-0.25, -0.2) is 19.2 Å². The molecule has 208 valence electrons. The van der Waals surface area contributed by atoms with Crippen LogP contribution in [0.2, 0.25) is 0 Å². The molecule has 2 aliphatic rings. The number of nitrogens with one attached hydrogen (secondary N) is 3. The molecular weight excluding hydrogens is 533 g/mol. The Morgan fingerprint density at radius 1 is 1.00 bits per heavy atom. The van der Waals surface area contributed by atoms with Crippen molar-refractivity contribution in [2.75, 3.05) is 36.8 Å². The minimum atomic E-state index is -0.669. The highest BCUT2D eigenvalue weighted by molar-refractivity contribution is 7.80. The molecule has 0 spiro atoms. The monoisotopic (exact) mass is 563 g/mol. The molecule has 0 atom stereocenters. The zero-order chi connectivity index (χ0) is 27.9. The quantitative estimate of drug-likeness (QED) is 0.368. The van der Waals surface area contributed by atoms with Crippen molar-refractivity contribution in [2.45, 2.75) is 31.7 Å². The van der Waals surface area contributed by atoms with Crippen LogP contribution in [0.25, 0.3) is 0 Å². The zero-order valence-corrected chi connectivity index (χ0v) is 22.6. The van der Waals surface area contributed by atoms with Gasteiger partial charge in [0.05, 0.1) is 6.42 Å². The van der Waals surface area contributed by atoms with Crippen molar-refractivity contribution in [3.63, 3.8) is 0 Å². The van der Waals surface area contributed by atoms with Crippen LogP contribution in [0.15, 0.2) is 60.9 Å². The number of aromatic nitrogens is 2. The fraction of sp³-hybridized carbons (Fsp3) is 0.321. The van der Waals surface area contributed by atoms with E-state index < -0.39 is 5.82 Å². The second kappa shape index (κ2) is 12.8. The molecule has 10 nitrogen and oxygen atoms in total. The lowest BCUT2D eigenvalue weighted by atomic mass is 10.00. The Hall–Kier alpha value is -4.16. The van der Waals surface area contributed by atoms with Crippen LogP contribution in [-0.4, -0.2) is 69.0 Å². The highest BCUT2D eigenvalue weighted by Crippen LogP contribution is 2.27. The Labute approximate surface area is 236 Å². The van der Waals surface area contributed by atoms with Crippen LogP contribution in [0.3, 0.4) is 0 Å². The number of piperidine rings is 1. The smallest absolute Gasteiger partial charge is 0.323 e. The first kappa shape index (κ1) is 27.4. The van der Waals surface area contributed by atoms with Gasteiger partial charge in [0.25, 0.3) is 0 Å². The molecule has 2 saturated heterocycles. The third-order valence-electron chi connectivity index (χ3n) is 6.90. The lowest BCUT2D eigenvalue weighted by Crippen LogP contribution is -2.51. The maximum Gasteiger partial charge on any atom is 0.323 e. The Morgan fingerprint density at radius 3 is 2.48 bits per heavy atom. The summed E-state index contributed by atoms with van der Waals surface area (Å²) in [5.41, 5.74) is 1.19. The van der Waals surface area contributed by atoms with Crippen LogP contribution in [0.4, 0.5) is 20.7 Å². The number of urea groups is 1. The summed E-state index contributed by atoms with van der Waals surface area (Å²) >= 11 is 5.18. The molecule has 0 saturated carbocycles. The summed E-state index contributed by atoms with van der Waals surface area (Å²) < 4.78 is 20.4. The Balaban J connectivity index is 1.11. The lowest BCUT2D eigenvalue weighted by Gasteiger charge is -2.42. The number of ether oxygens (including phenoxy) is 1. The molecule has 5 rings (SSSR count). The second-order valence-corrected chi connectivity index (χ2v) is 10.1. The number of likely N-dealkylation sites (tertiary alicyclic amines) is 2. The van der Waals surface area contributed by atoms with Gasteiger partial charge in [0.15, 0.2) is 16.7 Å². The van der Waals surface area contributed by atoms with Crippen molar-refractivity contribution in [3.05, 3.63) is 72.3 Å². The minimum absolute atomic E-state index is 0.0509. The van der Waals surface area contributed by atoms with Gasteiger partial charge >= 0.3 is 6.03 Å². The van der Waals surface area contributed by atoms with Crippen molar-refractivity contribution in [2.24, 2.45) is 0 Å². The number of nitrogens with zero attached hydrogens (tertiary/aromatic N) is 4. The molecule has 0 unspecified atom stereocenters. The highest BCUT2D eigenvalue weighted by Gasteiger charge is 2.29. The number of carbonyl (C=O) groups excluding carboxylic acids is 2. The predicted octanol–water partition coefficient (Wildman–Crippen LogP) is 4.17. The van der Waals surface area contributed by atoms with E-state index in [1.165, 1.54) is 30.9 Å². The largest absolute Gasteiger partial charge is 0.436 e. The summed E-state index contributed by atoms with van der Waals surface area (Å²) in [5, 5.41) is 8.20. The molecule has 0 radical (unpaired) electrons. The average molecular weight is 564 g/mol. The summed E-state index contributed by atoms with van der Waals surface area (Å²) in [4.78, 5) is 37.3. The van der Waals surface area contributed by atoms with Gasteiger partial charge in [0.1, 0.15) is 12.1 Å². The van der Waals surface area contributed by atoms with E-state index in [9.17, 15) is 14.0 Å². The van der Waals surface area contributed by atoms with Gasteiger partial charge < -0.3 is 25.2 Å². The van der Waals surface area contributed by atoms with E-state index >= 15 is 0 Å². The van der Waals surface area contributed by atoms with E-state index in [0.29, 0.717) is 24.8 Å². The van der Waals surface area contributed by atoms with E-state index in [2.05, 4.69) is 30.8 Å². The molecule has 3 N–H and O–H groups in total. The average Bonchev–Trinajstić information content (AvgIpc) is 2.90. The summed E-state index contributed by atoms with van der Waals surface area (Å²) in [6.07, 6.45) is 4.59. The first-order chi connectivity index (χ1) is 19.4. The fourth-order valence-corrected chi connectivity index (χ4v) is 4.91. The van der Waals surface area contributed by atoms with E-state index in [1.807, 2.05) is 30.3 Å². The van der Waals surface area contributed by atoms with Crippen LogP contribution in [0.5, 0.6) is 11.6 Å². The van der Waals surface area contributed by atoms with Crippen molar-refractivity contribution >= 4 is 40.8 Å². The minimum Gasteiger partial charge on any atom is -0.436 e.